The van der Waals surface area contributed by atoms with Gasteiger partial charge in [-0.25, -0.2) is 0 Å². The molecule has 0 aromatic rings. The predicted molar refractivity (Wildman–Crippen MR) is 82.8 cm³/mol. The summed E-state index contributed by atoms with van der Waals surface area (Å²) in [6, 6.07) is 0. The van der Waals surface area contributed by atoms with Gasteiger partial charge in [0.05, 0.1) is 0 Å². The van der Waals surface area contributed by atoms with Gasteiger partial charge in [0.25, 0.3) is 0 Å². The molecule has 2 heteroatoms. The summed E-state index contributed by atoms with van der Waals surface area (Å²) in [5, 5.41) is 0. The fourth-order valence-corrected chi connectivity index (χ4v) is 4.45. The summed E-state index contributed by atoms with van der Waals surface area (Å²) in [6.07, 6.45) is 14.1. The van der Waals surface area contributed by atoms with Crippen LogP contribution in [0.4, 0.5) is 0 Å². The molecule has 0 bridgehead atoms. The Balaban J connectivity index is 1.56. The van der Waals surface area contributed by atoms with Crippen LogP contribution in [-0.4, -0.2) is 23.7 Å². The van der Waals surface area contributed by atoms with Gasteiger partial charge in [-0.3, -0.25) is 4.31 Å². The third kappa shape index (κ3) is 3.90. The number of hydrogen-bond acceptors (Lipinski definition) is 2. The van der Waals surface area contributed by atoms with Gasteiger partial charge < -0.3 is 0 Å². The van der Waals surface area contributed by atoms with E-state index in [-0.39, 0.29) is 0 Å². The summed E-state index contributed by atoms with van der Waals surface area (Å²) >= 11 is 1.93. The highest BCUT2D eigenvalue weighted by Gasteiger charge is 2.44. The zero-order valence-electron chi connectivity index (χ0n) is 12.6. The highest BCUT2D eigenvalue weighted by molar-refractivity contribution is 7.96. The van der Waals surface area contributed by atoms with Crippen LogP contribution in [0.25, 0.3) is 0 Å². The molecular formula is C16H31NS. The zero-order valence-corrected chi connectivity index (χ0v) is 13.4. The van der Waals surface area contributed by atoms with Crippen molar-refractivity contribution in [2.45, 2.75) is 65.2 Å². The van der Waals surface area contributed by atoms with E-state index in [1.807, 2.05) is 11.9 Å². The quantitative estimate of drug-likeness (QED) is 0.494. The topological polar surface area (TPSA) is 3.24 Å². The Bertz CT molecular complexity index is 235. The molecule has 0 radical (unpaired) electrons. The molecule has 1 aliphatic carbocycles. The maximum Gasteiger partial charge on any atom is 0.00945 e. The van der Waals surface area contributed by atoms with Crippen LogP contribution in [-0.2, 0) is 0 Å². The Kier molecular flexibility index (Phi) is 5.44. The van der Waals surface area contributed by atoms with Gasteiger partial charge in [-0.05, 0) is 49.2 Å². The summed E-state index contributed by atoms with van der Waals surface area (Å²) in [7, 11) is 0. The monoisotopic (exact) mass is 269 g/mol. The highest BCUT2D eigenvalue weighted by atomic mass is 32.2. The van der Waals surface area contributed by atoms with E-state index in [2.05, 4.69) is 24.4 Å². The molecule has 1 aliphatic heterocycles. The standard InChI is InChI=1S/C16H31NS/c1-14(2)6-4-5-7-15-12-16(13-15)8-10-17(18-3)11-9-16/h14-15H,4-13H2,1-3H3. The van der Waals surface area contributed by atoms with E-state index >= 15 is 0 Å². The number of unbranched alkanes of at least 4 members (excludes halogenated alkanes) is 1. The lowest BCUT2D eigenvalue weighted by Crippen LogP contribution is -2.45. The molecule has 0 N–H and O–H groups in total. The Morgan fingerprint density at radius 2 is 1.83 bits per heavy atom. The minimum absolute atomic E-state index is 0.787. The molecule has 1 heterocycles. The Morgan fingerprint density at radius 3 is 2.39 bits per heavy atom. The van der Waals surface area contributed by atoms with Crippen LogP contribution < -0.4 is 0 Å². The van der Waals surface area contributed by atoms with Crippen LogP contribution in [0.3, 0.4) is 0 Å². The van der Waals surface area contributed by atoms with Crippen LogP contribution in [0.5, 0.6) is 0 Å². The molecule has 18 heavy (non-hydrogen) atoms. The molecule has 1 spiro atoms. The van der Waals surface area contributed by atoms with E-state index in [1.54, 1.807) is 12.8 Å². The SMILES string of the molecule is CSN1CCC2(CC1)CC(CCCCC(C)C)C2. The number of hydrogen-bond donors (Lipinski definition) is 0. The smallest absolute Gasteiger partial charge is 0.00945 e. The molecule has 0 aromatic heterocycles. The molecule has 0 aromatic carbocycles. The second kappa shape index (κ2) is 6.65. The average Bonchev–Trinajstić information content (AvgIpc) is 2.32. The first-order chi connectivity index (χ1) is 8.63. The number of nitrogens with zero attached hydrogens (tertiary/aromatic N) is 1. The van der Waals surface area contributed by atoms with Crippen molar-refractivity contribution in [1.82, 2.24) is 4.31 Å². The maximum absolute atomic E-state index is 2.54. The van der Waals surface area contributed by atoms with Gasteiger partial charge in [-0.15, -0.1) is 0 Å². The van der Waals surface area contributed by atoms with Crippen molar-refractivity contribution in [3.63, 3.8) is 0 Å². The fourth-order valence-electron chi connectivity index (χ4n) is 3.91. The lowest BCUT2D eigenvalue weighted by atomic mass is 9.57. The van der Waals surface area contributed by atoms with E-state index in [1.165, 1.54) is 51.6 Å². The first-order valence-electron chi connectivity index (χ1n) is 7.93. The molecule has 2 fully saturated rings. The largest absolute Gasteiger partial charge is 0.251 e. The van der Waals surface area contributed by atoms with Gasteiger partial charge in [-0.1, -0.05) is 51.5 Å². The van der Waals surface area contributed by atoms with Crippen LogP contribution >= 0.6 is 11.9 Å². The fraction of sp³-hybridized carbons (Fsp3) is 1.00. The maximum atomic E-state index is 2.54. The molecule has 1 saturated carbocycles. The van der Waals surface area contributed by atoms with Crippen LogP contribution in [0.2, 0.25) is 0 Å². The first kappa shape index (κ1) is 14.7. The summed E-state index contributed by atoms with van der Waals surface area (Å²) < 4.78 is 2.54. The van der Waals surface area contributed by atoms with Crippen LogP contribution in [0.15, 0.2) is 0 Å². The number of piperidine rings is 1. The molecule has 106 valence electrons. The van der Waals surface area contributed by atoms with E-state index in [0.717, 1.165) is 17.3 Å². The highest BCUT2D eigenvalue weighted by Crippen LogP contribution is 2.54. The minimum atomic E-state index is 0.787. The zero-order chi connectivity index (χ0) is 13.0. The molecule has 1 nitrogen and oxygen atoms in total. The van der Waals surface area contributed by atoms with Gasteiger partial charge >= 0.3 is 0 Å². The van der Waals surface area contributed by atoms with Crippen molar-refractivity contribution in [1.29, 1.82) is 0 Å². The van der Waals surface area contributed by atoms with Gasteiger partial charge in [0.1, 0.15) is 0 Å². The van der Waals surface area contributed by atoms with Crippen molar-refractivity contribution < 1.29 is 0 Å². The van der Waals surface area contributed by atoms with Gasteiger partial charge in [-0.2, -0.15) is 0 Å². The van der Waals surface area contributed by atoms with Crippen molar-refractivity contribution in [3.8, 4) is 0 Å². The Hall–Kier alpha value is 0.310. The minimum Gasteiger partial charge on any atom is -0.251 e. The van der Waals surface area contributed by atoms with E-state index in [4.69, 9.17) is 0 Å². The predicted octanol–water partition coefficient (Wildman–Crippen LogP) is 4.97. The van der Waals surface area contributed by atoms with E-state index in [0.29, 0.717) is 0 Å². The van der Waals surface area contributed by atoms with Gasteiger partial charge in [0.15, 0.2) is 0 Å². The molecule has 1 saturated heterocycles. The Labute approximate surface area is 118 Å². The van der Waals surface area contributed by atoms with Crippen molar-refractivity contribution in [2.24, 2.45) is 17.3 Å². The second-order valence-corrected chi connectivity index (χ2v) is 7.95. The normalized spacial score (nSPS) is 24.7. The van der Waals surface area contributed by atoms with Gasteiger partial charge in [0.2, 0.25) is 0 Å². The third-order valence-corrected chi connectivity index (χ3v) is 6.01. The van der Waals surface area contributed by atoms with Gasteiger partial charge in [0, 0.05) is 13.1 Å². The van der Waals surface area contributed by atoms with Crippen molar-refractivity contribution in [3.05, 3.63) is 0 Å². The van der Waals surface area contributed by atoms with Crippen molar-refractivity contribution in [2.75, 3.05) is 19.3 Å². The second-order valence-electron chi connectivity index (χ2n) is 7.06. The summed E-state index contributed by atoms with van der Waals surface area (Å²) in [5.41, 5.74) is 0.787. The van der Waals surface area contributed by atoms with Crippen LogP contribution in [0.1, 0.15) is 65.2 Å². The number of rotatable bonds is 6. The summed E-state index contributed by atoms with van der Waals surface area (Å²) in [6.45, 7) is 7.36. The molecular weight excluding hydrogens is 238 g/mol. The van der Waals surface area contributed by atoms with Crippen molar-refractivity contribution >= 4 is 11.9 Å². The third-order valence-electron chi connectivity index (χ3n) is 5.13. The molecule has 2 rings (SSSR count). The Morgan fingerprint density at radius 1 is 1.17 bits per heavy atom. The molecule has 0 unspecified atom stereocenters. The molecule has 0 amide bonds. The van der Waals surface area contributed by atoms with E-state index < -0.39 is 0 Å². The lowest BCUT2D eigenvalue weighted by Gasteiger charge is -2.52. The molecule has 0 atom stereocenters. The summed E-state index contributed by atoms with van der Waals surface area (Å²) in [4.78, 5) is 0. The van der Waals surface area contributed by atoms with E-state index in [9.17, 15) is 0 Å². The van der Waals surface area contributed by atoms with Crippen LogP contribution in [0, 0.1) is 17.3 Å². The first-order valence-corrected chi connectivity index (χ1v) is 9.11. The lowest BCUT2D eigenvalue weighted by molar-refractivity contribution is 0.00186. The average molecular weight is 269 g/mol. The summed E-state index contributed by atoms with van der Waals surface area (Å²) in [5.74, 6) is 1.98. The molecule has 2 aliphatic rings.